The first-order valence-electron chi connectivity index (χ1n) is 5.44. The number of nitrogens with two attached hydrogens (primary N) is 1. The van der Waals surface area contributed by atoms with E-state index in [1.807, 2.05) is 47.9 Å². The molecule has 0 radical (unpaired) electrons. The number of hydrogen-bond donors (Lipinski definition) is 1. The minimum Gasteiger partial charge on any atom is -0.398 e. The number of halogens is 1. The fourth-order valence-corrected chi connectivity index (χ4v) is 2.34. The van der Waals surface area contributed by atoms with Gasteiger partial charge < -0.3 is 5.73 Å². The Kier molecular flexibility index (Phi) is 4.18. The number of rotatable bonds is 3. The zero-order valence-electron chi connectivity index (χ0n) is 9.93. The summed E-state index contributed by atoms with van der Waals surface area (Å²) in [5, 5.41) is 2.71. The van der Waals surface area contributed by atoms with Crippen LogP contribution in [0.1, 0.15) is 10.4 Å². The van der Waals surface area contributed by atoms with E-state index in [4.69, 9.17) is 17.3 Å². The van der Waals surface area contributed by atoms with Gasteiger partial charge in [-0.2, -0.15) is 0 Å². The molecule has 2 nitrogen and oxygen atoms in total. The van der Waals surface area contributed by atoms with Gasteiger partial charge in [0.1, 0.15) is 0 Å². The second-order valence-electron chi connectivity index (χ2n) is 3.69. The van der Waals surface area contributed by atoms with Crippen LogP contribution in [0.3, 0.4) is 0 Å². The van der Waals surface area contributed by atoms with Crippen molar-refractivity contribution in [2.24, 2.45) is 10.7 Å². The minimum absolute atomic E-state index is 0.712. The molecule has 0 aliphatic heterocycles. The van der Waals surface area contributed by atoms with Gasteiger partial charge in [-0.15, -0.1) is 11.3 Å². The van der Waals surface area contributed by atoms with E-state index in [1.54, 1.807) is 18.4 Å². The zero-order valence-corrected chi connectivity index (χ0v) is 11.5. The second-order valence-corrected chi connectivity index (χ2v) is 5.08. The Morgan fingerprint density at radius 3 is 2.56 bits per heavy atom. The highest BCUT2D eigenvalue weighted by Gasteiger charge is 2.03. The zero-order chi connectivity index (χ0) is 13.0. The molecule has 2 N–H and O–H groups in total. The van der Waals surface area contributed by atoms with E-state index in [0.29, 0.717) is 5.02 Å². The van der Waals surface area contributed by atoms with Crippen molar-refractivity contribution in [2.75, 3.05) is 7.05 Å². The Bertz CT molecular complexity index is 568. The maximum Gasteiger partial charge on any atom is 0.0664 e. The average molecular weight is 277 g/mol. The van der Waals surface area contributed by atoms with Crippen LogP contribution in [0.4, 0.5) is 0 Å². The summed E-state index contributed by atoms with van der Waals surface area (Å²) in [7, 11) is 1.75. The Labute approximate surface area is 115 Å². The molecule has 0 atom stereocenters. The molecule has 0 spiro atoms. The van der Waals surface area contributed by atoms with Crippen molar-refractivity contribution in [3.63, 3.8) is 0 Å². The summed E-state index contributed by atoms with van der Waals surface area (Å²) in [4.78, 5) is 5.31. The lowest BCUT2D eigenvalue weighted by Crippen LogP contribution is -2.02. The van der Waals surface area contributed by atoms with Gasteiger partial charge in [0.15, 0.2) is 0 Å². The van der Waals surface area contributed by atoms with Crippen LogP contribution in [0.25, 0.3) is 5.70 Å². The van der Waals surface area contributed by atoms with E-state index in [0.717, 1.165) is 21.8 Å². The SMILES string of the molecule is CN=C(/C=C(\N)c1cccs1)c1ccc(Cl)cc1. The third-order valence-corrected chi connectivity index (χ3v) is 3.65. The van der Waals surface area contributed by atoms with E-state index in [1.165, 1.54) is 0 Å². The molecule has 0 saturated heterocycles. The van der Waals surface area contributed by atoms with Gasteiger partial charge in [0.05, 0.1) is 16.3 Å². The van der Waals surface area contributed by atoms with Crippen molar-refractivity contribution < 1.29 is 0 Å². The van der Waals surface area contributed by atoms with Crippen LogP contribution in [0.5, 0.6) is 0 Å². The number of hydrogen-bond acceptors (Lipinski definition) is 3. The van der Waals surface area contributed by atoms with E-state index in [2.05, 4.69) is 4.99 Å². The normalized spacial score (nSPS) is 12.8. The summed E-state index contributed by atoms with van der Waals surface area (Å²) in [5.74, 6) is 0. The van der Waals surface area contributed by atoms with Crippen LogP contribution < -0.4 is 5.73 Å². The van der Waals surface area contributed by atoms with Gasteiger partial charge in [-0.25, -0.2) is 0 Å². The minimum atomic E-state index is 0.712. The fourth-order valence-electron chi connectivity index (χ4n) is 1.56. The van der Waals surface area contributed by atoms with Gasteiger partial charge in [-0.05, 0) is 35.2 Å². The summed E-state index contributed by atoms with van der Waals surface area (Å²) < 4.78 is 0. The number of nitrogens with zero attached hydrogens (tertiary/aromatic N) is 1. The van der Waals surface area contributed by atoms with Crippen LogP contribution in [0.2, 0.25) is 5.02 Å². The highest BCUT2D eigenvalue weighted by Crippen LogP contribution is 2.17. The lowest BCUT2D eigenvalue weighted by Gasteiger charge is -2.03. The number of allylic oxidation sites excluding steroid dienone is 1. The quantitative estimate of drug-likeness (QED) is 0.851. The van der Waals surface area contributed by atoms with Crippen molar-refractivity contribution in [1.29, 1.82) is 0 Å². The first kappa shape index (κ1) is 12.9. The van der Waals surface area contributed by atoms with Gasteiger partial charge in [0.2, 0.25) is 0 Å². The lowest BCUT2D eigenvalue weighted by molar-refractivity contribution is 1.43. The van der Waals surface area contributed by atoms with Gasteiger partial charge >= 0.3 is 0 Å². The molecule has 2 rings (SSSR count). The smallest absolute Gasteiger partial charge is 0.0664 e. The standard InChI is InChI=1S/C14H13ClN2S/c1-17-13(10-4-6-11(15)7-5-10)9-12(16)14-3-2-8-18-14/h2-9H,16H2,1H3/b12-9-,17-13?. The highest BCUT2D eigenvalue weighted by molar-refractivity contribution is 7.11. The molecule has 1 aromatic heterocycles. The Morgan fingerprint density at radius 2 is 2.00 bits per heavy atom. The maximum absolute atomic E-state index is 6.05. The van der Waals surface area contributed by atoms with Crippen LogP contribution in [-0.4, -0.2) is 12.8 Å². The lowest BCUT2D eigenvalue weighted by atomic mass is 10.1. The fraction of sp³-hybridized carbons (Fsp3) is 0.0714. The Morgan fingerprint density at radius 1 is 1.28 bits per heavy atom. The Hall–Kier alpha value is -1.58. The molecule has 0 amide bonds. The first-order valence-corrected chi connectivity index (χ1v) is 6.70. The van der Waals surface area contributed by atoms with Crippen molar-refractivity contribution in [3.8, 4) is 0 Å². The predicted molar refractivity (Wildman–Crippen MR) is 80.4 cm³/mol. The molecule has 0 fully saturated rings. The molecule has 0 saturated carbocycles. The number of benzene rings is 1. The van der Waals surface area contributed by atoms with Crippen LogP contribution >= 0.6 is 22.9 Å². The number of thiophene rings is 1. The van der Waals surface area contributed by atoms with Crippen LogP contribution in [-0.2, 0) is 0 Å². The largest absolute Gasteiger partial charge is 0.398 e. The van der Waals surface area contributed by atoms with E-state index in [-0.39, 0.29) is 0 Å². The molecule has 0 bridgehead atoms. The topological polar surface area (TPSA) is 38.4 Å². The van der Waals surface area contributed by atoms with Gasteiger partial charge in [0.25, 0.3) is 0 Å². The second kappa shape index (κ2) is 5.85. The molecule has 18 heavy (non-hydrogen) atoms. The van der Waals surface area contributed by atoms with Gasteiger partial charge in [0, 0.05) is 12.1 Å². The summed E-state index contributed by atoms with van der Waals surface area (Å²) in [6.45, 7) is 0. The third-order valence-electron chi connectivity index (χ3n) is 2.48. The monoisotopic (exact) mass is 276 g/mol. The van der Waals surface area contributed by atoms with Crippen molar-refractivity contribution in [3.05, 3.63) is 63.3 Å². The van der Waals surface area contributed by atoms with Crippen molar-refractivity contribution in [1.82, 2.24) is 0 Å². The van der Waals surface area contributed by atoms with Crippen molar-refractivity contribution in [2.45, 2.75) is 0 Å². The highest BCUT2D eigenvalue weighted by atomic mass is 35.5. The molecule has 0 aliphatic carbocycles. The van der Waals surface area contributed by atoms with E-state index >= 15 is 0 Å². The molecule has 1 aromatic carbocycles. The van der Waals surface area contributed by atoms with E-state index < -0.39 is 0 Å². The third kappa shape index (κ3) is 3.00. The summed E-state index contributed by atoms with van der Waals surface area (Å²) in [5.41, 5.74) is 8.62. The first-order chi connectivity index (χ1) is 8.70. The molecular formula is C14H13ClN2S. The van der Waals surface area contributed by atoms with Crippen LogP contribution in [0.15, 0.2) is 52.8 Å². The molecule has 2 aromatic rings. The van der Waals surface area contributed by atoms with Crippen LogP contribution in [0, 0.1) is 0 Å². The molecule has 4 heteroatoms. The molecule has 0 aliphatic rings. The van der Waals surface area contributed by atoms with Gasteiger partial charge in [-0.1, -0.05) is 29.8 Å². The number of aliphatic imine (C=N–C) groups is 1. The molecule has 92 valence electrons. The van der Waals surface area contributed by atoms with Gasteiger partial charge in [-0.3, -0.25) is 4.99 Å². The average Bonchev–Trinajstić information content (AvgIpc) is 2.91. The molecule has 0 unspecified atom stereocenters. The maximum atomic E-state index is 6.05. The Balaban J connectivity index is 2.31. The molecular weight excluding hydrogens is 264 g/mol. The van der Waals surface area contributed by atoms with Crippen molar-refractivity contribution >= 4 is 34.3 Å². The summed E-state index contributed by atoms with van der Waals surface area (Å²) in [6, 6.07) is 11.5. The van der Waals surface area contributed by atoms with E-state index in [9.17, 15) is 0 Å². The summed E-state index contributed by atoms with van der Waals surface area (Å²) in [6.07, 6.45) is 1.88. The predicted octanol–water partition coefficient (Wildman–Crippen LogP) is 3.82. The molecule has 1 heterocycles. The summed E-state index contributed by atoms with van der Waals surface area (Å²) >= 11 is 7.48.